The van der Waals surface area contributed by atoms with Crippen LogP contribution in [0.4, 0.5) is 10.5 Å². The lowest BCUT2D eigenvalue weighted by molar-refractivity contribution is 0.175. The molecule has 1 aromatic carbocycles. The summed E-state index contributed by atoms with van der Waals surface area (Å²) in [5, 5.41) is 19.3. The van der Waals surface area contributed by atoms with Gasteiger partial charge in [-0.3, -0.25) is 0 Å². The quantitative estimate of drug-likeness (QED) is 0.808. The van der Waals surface area contributed by atoms with E-state index in [1.807, 2.05) is 29.8 Å². The summed E-state index contributed by atoms with van der Waals surface area (Å²) >= 11 is 7.53. The predicted molar refractivity (Wildman–Crippen MR) is 82.5 cm³/mol. The van der Waals surface area contributed by atoms with Gasteiger partial charge < -0.3 is 15.7 Å². The molecule has 1 heterocycles. The molecule has 106 valence electrons. The number of benzene rings is 1. The summed E-state index contributed by atoms with van der Waals surface area (Å²) in [5.74, 6) is 0. The van der Waals surface area contributed by atoms with Crippen molar-refractivity contribution in [2.24, 2.45) is 0 Å². The van der Waals surface area contributed by atoms with Crippen molar-refractivity contribution >= 4 is 34.7 Å². The fraction of sp³-hybridized carbons (Fsp3) is 0.214. The maximum absolute atomic E-state index is 11.7. The van der Waals surface area contributed by atoms with Crippen molar-refractivity contribution in [3.63, 3.8) is 0 Å². The molecule has 0 radical (unpaired) electrons. The zero-order valence-corrected chi connectivity index (χ0v) is 12.5. The van der Waals surface area contributed by atoms with E-state index in [-0.39, 0.29) is 6.54 Å². The standard InChI is InChI=1S/C14H15ClN2O2S/c1-9-2-3-12(11(15)6-9)17-14(19)16-7-13(18)10-4-5-20-8-10/h2-6,8,13,18H,7H2,1H3,(H2,16,17,19). The number of aryl methyl sites for hydroxylation is 1. The molecule has 0 bridgehead atoms. The van der Waals surface area contributed by atoms with Gasteiger partial charge in [0.1, 0.15) is 0 Å². The second-order valence-electron chi connectivity index (χ2n) is 4.39. The zero-order valence-electron chi connectivity index (χ0n) is 10.9. The van der Waals surface area contributed by atoms with Gasteiger partial charge in [0, 0.05) is 6.54 Å². The first kappa shape index (κ1) is 14.8. The lowest BCUT2D eigenvalue weighted by atomic mass is 10.2. The average molecular weight is 311 g/mol. The number of hydrogen-bond donors (Lipinski definition) is 3. The molecule has 6 heteroatoms. The summed E-state index contributed by atoms with van der Waals surface area (Å²) in [6.45, 7) is 2.07. The molecule has 0 spiro atoms. The highest BCUT2D eigenvalue weighted by Gasteiger charge is 2.10. The number of thiophene rings is 1. The third-order valence-electron chi connectivity index (χ3n) is 2.76. The molecule has 1 unspecified atom stereocenters. The SMILES string of the molecule is Cc1ccc(NC(=O)NCC(O)c2ccsc2)c(Cl)c1. The van der Waals surface area contributed by atoms with Crippen LogP contribution in [0.5, 0.6) is 0 Å². The molecule has 2 aromatic rings. The van der Waals surface area contributed by atoms with Gasteiger partial charge in [-0.05, 0) is 47.0 Å². The molecule has 0 saturated carbocycles. The largest absolute Gasteiger partial charge is 0.387 e. The molecular formula is C14H15ClN2O2S. The van der Waals surface area contributed by atoms with Crippen molar-refractivity contribution in [3.8, 4) is 0 Å². The monoisotopic (exact) mass is 310 g/mol. The minimum Gasteiger partial charge on any atom is -0.387 e. The Bertz CT molecular complexity index is 587. The van der Waals surface area contributed by atoms with Crippen molar-refractivity contribution in [2.75, 3.05) is 11.9 Å². The van der Waals surface area contributed by atoms with Crippen LogP contribution in [0.2, 0.25) is 5.02 Å². The number of aliphatic hydroxyl groups excluding tert-OH is 1. The van der Waals surface area contributed by atoms with E-state index in [1.165, 1.54) is 11.3 Å². The number of urea groups is 1. The van der Waals surface area contributed by atoms with E-state index in [0.717, 1.165) is 11.1 Å². The summed E-state index contributed by atoms with van der Waals surface area (Å²) in [7, 11) is 0. The molecule has 1 atom stereocenters. The van der Waals surface area contributed by atoms with Crippen LogP contribution in [0.1, 0.15) is 17.2 Å². The third-order valence-corrected chi connectivity index (χ3v) is 3.77. The number of anilines is 1. The molecule has 0 aliphatic heterocycles. The van der Waals surface area contributed by atoms with E-state index in [9.17, 15) is 9.90 Å². The predicted octanol–water partition coefficient (Wildman–Crippen LogP) is 3.57. The highest BCUT2D eigenvalue weighted by molar-refractivity contribution is 7.07. The molecule has 0 aliphatic rings. The Morgan fingerprint density at radius 2 is 2.25 bits per heavy atom. The molecule has 0 fully saturated rings. The van der Waals surface area contributed by atoms with E-state index >= 15 is 0 Å². The number of carbonyl (C=O) groups excluding carboxylic acids is 1. The normalized spacial score (nSPS) is 11.9. The topological polar surface area (TPSA) is 61.4 Å². The second-order valence-corrected chi connectivity index (χ2v) is 5.58. The first-order valence-electron chi connectivity index (χ1n) is 6.07. The van der Waals surface area contributed by atoms with E-state index in [0.29, 0.717) is 10.7 Å². The smallest absolute Gasteiger partial charge is 0.319 e. The van der Waals surface area contributed by atoms with Crippen LogP contribution in [0.25, 0.3) is 0 Å². The Morgan fingerprint density at radius 3 is 2.90 bits per heavy atom. The molecular weight excluding hydrogens is 296 g/mol. The number of carbonyl (C=O) groups is 1. The maximum atomic E-state index is 11.7. The van der Waals surface area contributed by atoms with E-state index in [2.05, 4.69) is 10.6 Å². The fourth-order valence-corrected chi connectivity index (χ4v) is 2.65. The van der Waals surface area contributed by atoms with Crippen LogP contribution >= 0.6 is 22.9 Å². The number of rotatable bonds is 4. The molecule has 2 amide bonds. The van der Waals surface area contributed by atoms with Crippen molar-refractivity contribution < 1.29 is 9.90 Å². The molecule has 20 heavy (non-hydrogen) atoms. The van der Waals surface area contributed by atoms with Crippen LogP contribution in [0.3, 0.4) is 0 Å². The Morgan fingerprint density at radius 1 is 1.45 bits per heavy atom. The molecule has 2 rings (SSSR count). The summed E-state index contributed by atoms with van der Waals surface area (Å²) in [4.78, 5) is 11.7. The molecule has 3 N–H and O–H groups in total. The van der Waals surface area contributed by atoms with Gasteiger partial charge in [-0.25, -0.2) is 4.79 Å². The average Bonchev–Trinajstić information content (AvgIpc) is 2.93. The molecule has 1 aromatic heterocycles. The number of aliphatic hydroxyl groups is 1. The van der Waals surface area contributed by atoms with Crippen LogP contribution in [-0.2, 0) is 0 Å². The van der Waals surface area contributed by atoms with Crippen LogP contribution in [0.15, 0.2) is 35.0 Å². The fourth-order valence-electron chi connectivity index (χ4n) is 1.66. The van der Waals surface area contributed by atoms with Gasteiger partial charge in [0.25, 0.3) is 0 Å². The van der Waals surface area contributed by atoms with Gasteiger partial charge in [-0.2, -0.15) is 11.3 Å². The first-order valence-corrected chi connectivity index (χ1v) is 7.39. The van der Waals surface area contributed by atoms with Gasteiger partial charge >= 0.3 is 6.03 Å². The summed E-state index contributed by atoms with van der Waals surface area (Å²) < 4.78 is 0. The summed E-state index contributed by atoms with van der Waals surface area (Å²) in [5.41, 5.74) is 2.36. The highest BCUT2D eigenvalue weighted by Crippen LogP contribution is 2.22. The van der Waals surface area contributed by atoms with Gasteiger partial charge in [0.2, 0.25) is 0 Å². The van der Waals surface area contributed by atoms with Crippen LogP contribution in [-0.4, -0.2) is 17.7 Å². The number of hydrogen-bond acceptors (Lipinski definition) is 3. The van der Waals surface area contributed by atoms with E-state index < -0.39 is 12.1 Å². The third kappa shape index (κ3) is 3.96. The Hall–Kier alpha value is -1.56. The summed E-state index contributed by atoms with van der Waals surface area (Å²) in [6.07, 6.45) is -0.708. The summed E-state index contributed by atoms with van der Waals surface area (Å²) in [6, 6.07) is 6.81. The Kier molecular flexibility index (Phi) is 5.00. The Balaban J connectivity index is 1.86. The van der Waals surface area contributed by atoms with Gasteiger partial charge in [-0.1, -0.05) is 17.7 Å². The lowest BCUT2D eigenvalue weighted by Crippen LogP contribution is -2.32. The lowest BCUT2D eigenvalue weighted by Gasteiger charge is -2.12. The van der Waals surface area contributed by atoms with Crippen molar-refractivity contribution in [1.82, 2.24) is 5.32 Å². The van der Waals surface area contributed by atoms with Crippen molar-refractivity contribution in [3.05, 3.63) is 51.2 Å². The maximum Gasteiger partial charge on any atom is 0.319 e. The van der Waals surface area contributed by atoms with Crippen LogP contribution < -0.4 is 10.6 Å². The second kappa shape index (κ2) is 6.74. The molecule has 0 saturated heterocycles. The molecule has 0 aliphatic carbocycles. The molecule has 4 nitrogen and oxygen atoms in total. The first-order chi connectivity index (χ1) is 9.56. The highest BCUT2D eigenvalue weighted by atomic mass is 35.5. The Labute approximate surface area is 126 Å². The minimum absolute atomic E-state index is 0.145. The van der Waals surface area contributed by atoms with E-state index in [4.69, 9.17) is 11.6 Å². The zero-order chi connectivity index (χ0) is 14.5. The number of amides is 2. The van der Waals surface area contributed by atoms with Crippen molar-refractivity contribution in [2.45, 2.75) is 13.0 Å². The van der Waals surface area contributed by atoms with Gasteiger partial charge in [0.05, 0.1) is 16.8 Å². The van der Waals surface area contributed by atoms with Crippen molar-refractivity contribution in [1.29, 1.82) is 0 Å². The van der Waals surface area contributed by atoms with Gasteiger partial charge in [-0.15, -0.1) is 0 Å². The van der Waals surface area contributed by atoms with E-state index in [1.54, 1.807) is 12.1 Å². The van der Waals surface area contributed by atoms with Gasteiger partial charge in [0.15, 0.2) is 0 Å². The number of nitrogens with one attached hydrogen (secondary N) is 2. The van der Waals surface area contributed by atoms with Crippen LogP contribution in [0, 0.1) is 6.92 Å². The number of halogens is 1. The minimum atomic E-state index is -0.708.